The van der Waals surface area contributed by atoms with Crippen molar-refractivity contribution in [2.24, 2.45) is 0 Å². The number of hydrogen-bond donors (Lipinski definition) is 0. The third kappa shape index (κ3) is 7.49. The fourth-order valence-electron chi connectivity index (χ4n) is 7.20. The molecule has 4 rings (SSSR count). The van der Waals surface area contributed by atoms with E-state index < -0.39 is 161 Å². The largest absolute Gasteiger partial charge is 0.558 e. The van der Waals surface area contributed by atoms with E-state index in [0.29, 0.717) is 0 Å². The van der Waals surface area contributed by atoms with Gasteiger partial charge in [-0.05, 0) is 30.5 Å². The van der Waals surface area contributed by atoms with Gasteiger partial charge in [-0.25, -0.2) is 0 Å². The minimum Gasteiger partial charge on any atom is -0.400 e. The van der Waals surface area contributed by atoms with Gasteiger partial charge in [0.2, 0.25) is 0 Å². The molecule has 1 atom stereocenters. The molecule has 0 bridgehead atoms. The Hall–Kier alpha value is -4.00. The molecule has 2 fully saturated rings. The van der Waals surface area contributed by atoms with Crippen LogP contribution in [-0.2, 0) is 26.8 Å². The van der Waals surface area contributed by atoms with Crippen molar-refractivity contribution in [3.8, 4) is 0 Å². The first-order chi connectivity index (χ1) is 31.6. The van der Waals surface area contributed by atoms with Gasteiger partial charge in [-0.15, -0.1) is 0 Å². The van der Waals surface area contributed by atoms with Crippen LogP contribution in [0.2, 0.25) is 0 Å². The van der Waals surface area contributed by atoms with Crippen molar-refractivity contribution >= 4 is 7.25 Å². The quantitative estimate of drug-likeness (QED) is 0.116. The van der Waals surface area contributed by atoms with E-state index in [9.17, 15) is 132 Å². The summed E-state index contributed by atoms with van der Waals surface area (Å²) in [6.45, 7) is -0.223. The summed E-state index contributed by atoms with van der Waals surface area (Å²) in [5, 5.41) is 0. The summed E-state index contributed by atoms with van der Waals surface area (Å²) < 4.78 is 484. The molecule has 3 nitrogen and oxygen atoms in total. The second-order valence-electron chi connectivity index (χ2n) is 15.5. The van der Waals surface area contributed by atoms with Gasteiger partial charge < -0.3 is 9.31 Å². The number of benzene rings is 2. The molecule has 412 valence electrons. The zero-order chi connectivity index (χ0) is 56.7. The van der Waals surface area contributed by atoms with Crippen molar-refractivity contribution < 1.29 is 159 Å². The van der Waals surface area contributed by atoms with Crippen LogP contribution >= 0.6 is 0 Å². The van der Waals surface area contributed by atoms with Crippen molar-refractivity contribution in [2.75, 3.05) is 13.7 Å². The van der Waals surface area contributed by atoms with Crippen molar-refractivity contribution in [3.63, 3.8) is 0 Å². The first kappa shape index (κ1) is 60.6. The molecular formula is C34H18BF34NO2. The number of fused-ring (bicyclic) bond motifs is 1. The van der Waals surface area contributed by atoms with Crippen molar-refractivity contribution in [1.82, 2.24) is 4.81 Å². The van der Waals surface area contributed by atoms with Gasteiger partial charge in [-0.3, -0.25) is 4.81 Å². The van der Waals surface area contributed by atoms with Crippen LogP contribution in [0.3, 0.4) is 0 Å². The van der Waals surface area contributed by atoms with Crippen LogP contribution in [0.15, 0.2) is 48.5 Å². The van der Waals surface area contributed by atoms with E-state index in [4.69, 9.17) is 9.31 Å². The fraction of sp³-hybridized carbons (Fsp3) is 0.647. The summed E-state index contributed by atoms with van der Waals surface area (Å²) in [4.78, 5) is 1.06. The molecule has 0 saturated carbocycles. The lowest BCUT2D eigenvalue weighted by molar-refractivity contribution is -0.462. The maximum Gasteiger partial charge on any atom is 0.558 e. The van der Waals surface area contributed by atoms with Gasteiger partial charge in [-0.2, -0.15) is 149 Å². The summed E-state index contributed by atoms with van der Waals surface area (Å²) in [6.07, 6.45) is -16.5. The minimum absolute atomic E-state index is 0.0334. The van der Waals surface area contributed by atoms with E-state index in [-0.39, 0.29) is 43.7 Å². The molecule has 0 aliphatic carbocycles. The molecule has 72 heavy (non-hydrogen) atoms. The summed E-state index contributed by atoms with van der Waals surface area (Å²) >= 11 is 0. The van der Waals surface area contributed by atoms with Crippen LogP contribution in [0.5, 0.6) is 0 Å². The molecule has 2 aliphatic rings. The van der Waals surface area contributed by atoms with Gasteiger partial charge in [0.05, 0.1) is 0 Å². The van der Waals surface area contributed by atoms with Gasteiger partial charge in [-0.1, -0.05) is 48.5 Å². The molecule has 0 unspecified atom stereocenters. The Bertz CT molecular complexity index is 2150. The second-order valence-corrected chi connectivity index (χ2v) is 15.5. The number of halogens is 34. The highest BCUT2D eigenvalue weighted by atomic mass is 19.4. The van der Waals surface area contributed by atoms with E-state index in [2.05, 4.69) is 0 Å². The zero-order valence-electron chi connectivity index (χ0n) is 33.5. The summed E-state index contributed by atoms with van der Waals surface area (Å²) in [7, 11) is -1.03. The molecule has 0 radical (unpaired) electrons. The highest BCUT2D eigenvalue weighted by molar-refractivity contribution is 6.42. The SMILES string of the molecule is COB1OC(c2ccc(C(F)(F)C(F)(F)C(F)(F)C(F)(F)C(F)(F)C(F)(F)C(F)(F)C(F)(F)F)cc2)(c2ccc(C(F)(F)C(F)(F)C(F)(F)C(F)(F)C(F)(F)C(F)(F)C(F)(F)C(F)(F)F)cc2)[C@@H]2CCCN12. The fourth-order valence-corrected chi connectivity index (χ4v) is 7.20. The molecule has 0 aromatic heterocycles. The molecule has 38 heteroatoms. The van der Waals surface area contributed by atoms with E-state index >= 15 is 17.6 Å². The summed E-state index contributed by atoms with van der Waals surface area (Å²) in [6, 6.07) is -3.94. The molecule has 0 spiro atoms. The number of nitrogens with zero attached hydrogens (tertiary/aromatic N) is 1. The Labute approximate surface area is 375 Å². The summed E-state index contributed by atoms with van der Waals surface area (Å²) in [5.41, 5.74) is -10.3. The third-order valence-corrected chi connectivity index (χ3v) is 11.3. The smallest absolute Gasteiger partial charge is 0.400 e. The van der Waals surface area contributed by atoms with Gasteiger partial charge in [0.15, 0.2) is 0 Å². The lowest BCUT2D eigenvalue weighted by Crippen LogP contribution is -2.74. The highest BCUT2D eigenvalue weighted by Gasteiger charge is 2.97. The highest BCUT2D eigenvalue weighted by Crippen LogP contribution is 2.67. The van der Waals surface area contributed by atoms with Crippen molar-refractivity contribution in [3.05, 3.63) is 70.8 Å². The lowest BCUT2D eigenvalue weighted by Gasteiger charge is -2.43. The predicted octanol–water partition coefficient (Wildman–Crippen LogP) is 14.0. The molecule has 0 amide bonds. The first-order valence-corrected chi connectivity index (χ1v) is 18.2. The number of hydrogen-bond acceptors (Lipinski definition) is 3. The second kappa shape index (κ2) is 16.8. The average Bonchev–Trinajstić information content (AvgIpc) is 3.85. The molecule has 2 aliphatic heterocycles. The molecule has 2 aromatic carbocycles. The van der Waals surface area contributed by atoms with E-state index in [0.717, 1.165) is 11.9 Å². The van der Waals surface area contributed by atoms with Crippen LogP contribution < -0.4 is 0 Å². The first-order valence-electron chi connectivity index (χ1n) is 18.2. The molecule has 0 N–H and O–H groups in total. The van der Waals surface area contributed by atoms with Crippen LogP contribution in [-0.4, -0.2) is 115 Å². The maximum atomic E-state index is 15.2. The summed E-state index contributed by atoms with van der Waals surface area (Å²) in [5.74, 6) is -119. The van der Waals surface area contributed by atoms with Crippen LogP contribution in [0, 0.1) is 0 Å². The van der Waals surface area contributed by atoms with Crippen molar-refractivity contribution in [1.29, 1.82) is 0 Å². The van der Waals surface area contributed by atoms with E-state index in [1.807, 2.05) is 0 Å². The minimum atomic E-state index is -8.99. The standard InChI is InChI=1S/C34H18BF34NO2/c1-71-35-70-12-2-3-17(70)18(72-35,13-4-8-15(9-5-13)19(36,37)21(40,41)23(44,45)25(48,49)27(52,53)29(56,57)31(60,61)33(64,65)66)14-6-10-16(11-7-14)20(38,39)22(42,43)24(46,47)26(50,51)28(54,55)30(58,59)32(62,63)34(67,68)69/h4-11,17H,2-3,12H2,1H3/t17-/m0/s1. The topological polar surface area (TPSA) is 21.7 Å². The Kier molecular flexibility index (Phi) is 14.1. The van der Waals surface area contributed by atoms with Crippen LogP contribution in [0.25, 0.3) is 0 Å². The molecule has 2 heterocycles. The molecule has 2 saturated heterocycles. The van der Waals surface area contributed by atoms with E-state index in [1.54, 1.807) is 0 Å². The lowest BCUT2D eigenvalue weighted by atomic mass is 9.78. The third-order valence-electron chi connectivity index (χ3n) is 11.3. The van der Waals surface area contributed by atoms with E-state index in [1.165, 1.54) is 0 Å². The molecular weight excluding hydrogens is 1110 g/mol. The van der Waals surface area contributed by atoms with Gasteiger partial charge in [0, 0.05) is 24.3 Å². The zero-order valence-corrected chi connectivity index (χ0v) is 33.5. The average molecular weight is 1130 g/mol. The van der Waals surface area contributed by atoms with Crippen LogP contribution in [0.1, 0.15) is 35.1 Å². The van der Waals surface area contributed by atoms with Gasteiger partial charge in [0.1, 0.15) is 5.60 Å². The predicted molar refractivity (Wildman–Crippen MR) is 167 cm³/mol. The van der Waals surface area contributed by atoms with Gasteiger partial charge in [0.25, 0.3) is 0 Å². The Morgan fingerprint density at radius 3 is 0.903 bits per heavy atom. The monoisotopic (exact) mass is 1130 g/mol. The Morgan fingerprint density at radius 1 is 0.403 bits per heavy atom. The normalized spacial score (nSPS) is 19.6. The Balaban J connectivity index is 1.84. The van der Waals surface area contributed by atoms with Gasteiger partial charge >= 0.3 is 103 Å². The molecule has 2 aromatic rings. The van der Waals surface area contributed by atoms with Crippen molar-refractivity contribution in [2.45, 2.75) is 120 Å². The maximum absolute atomic E-state index is 15.2. The number of alkyl halides is 34. The van der Waals surface area contributed by atoms with Crippen LogP contribution in [0.4, 0.5) is 149 Å². The number of rotatable bonds is 17. The Morgan fingerprint density at radius 2 is 0.653 bits per heavy atom.